The highest BCUT2D eigenvalue weighted by atomic mass is 32.1. The number of aromatic nitrogens is 2. The van der Waals surface area contributed by atoms with Gasteiger partial charge in [0.25, 0.3) is 11.8 Å². The molecule has 42 heavy (non-hydrogen) atoms. The number of thiophene rings is 1. The molecule has 0 saturated carbocycles. The van der Waals surface area contributed by atoms with Crippen molar-refractivity contribution in [1.29, 1.82) is 0 Å². The van der Waals surface area contributed by atoms with Gasteiger partial charge >= 0.3 is 0 Å². The SMILES string of the molecule is O=C1CN(C(=O)c2cc3ccccc3s2)CCCCNC(=O)[C@H](Cc2cnc[nH]2)NC(=O)c2cccc(c2)OCCN1. The van der Waals surface area contributed by atoms with Gasteiger partial charge in [-0.05, 0) is 48.6 Å². The molecular formula is C30H32N6O5S. The summed E-state index contributed by atoms with van der Waals surface area (Å²) in [4.78, 5) is 61.5. The molecule has 0 radical (unpaired) electrons. The molecule has 0 saturated heterocycles. The summed E-state index contributed by atoms with van der Waals surface area (Å²) < 4.78 is 6.76. The summed E-state index contributed by atoms with van der Waals surface area (Å²) >= 11 is 1.40. The van der Waals surface area contributed by atoms with Gasteiger partial charge in [-0.25, -0.2) is 4.98 Å². The van der Waals surface area contributed by atoms with Crippen LogP contribution in [-0.4, -0.2) is 77.3 Å². The van der Waals surface area contributed by atoms with Crippen molar-refractivity contribution in [1.82, 2.24) is 30.8 Å². The van der Waals surface area contributed by atoms with Gasteiger partial charge in [-0.3, -0.25) is 19.2 Å². The summed E-state index contributed by atoms with van der Waals surface area (Å²) in [7, 11) is 0. The van der Waals surface area contributed by atoms with Crippen molar-refractivity contribution >= 4 is 45.1 Å². The number of benzene rings is 2. The molecule has 218 valence electrons. The summed E-state index contributed by atoms with van der Waals surface area (Å²) in [5.74, 6) is -0.806. The highest BCUT2D eigenvalue weighted by Crippen LogP contribution is 2.26. The summed E-state index contributed by atoms with van der Waals surface area (Å²) in [6.45, 7) is 0.984. The zero-order valence-electron chi connectivity index (χ0n) is 22.9. The Morgan fingerprint density at radius 2 is 1.90 bits per heavy atom. The van der Waals surface area contributed by atoms with Crippen LogP contribution in [0, 0.1) is 0 Å². The molecule has 1 atom stereocenters. The predicted molar refractivity (Wildman–Crippen MR) is 158 cm³/mol. The van der Waals surface area contributed by atoms with Gasteiger partial charge in [0.05, 0.1) is 24.3 Å². The third-order valence-corrected chi connectivity index (χ3v) is 7.91. The molecule has 0 unspecified atom stereocenters. The van der Waals surface area contributed by atoms with Gasteiger partial charge in [0, 0.05) is 41.7 Å². The Labute approximate surface area is 246 Å². The number of rotatable bonds is 3. The zero-order valence-corrected chi connectivity index (χ0v) is 23.7. The molecular weight excluding hydrogens is 556 g/mol. The van der Waals surface area contributed by atoms with Crippen LogP contribution in [0.15, 0.2) is 67.1 Å². The summed E-state index contributed by atoms with van der Waals surface area (Å²) in [5, 5.41) is 9.51. The van der Waals surface area contributed by atoms with E-state index in [0.29, 0.717) is 47.8 Å². The van der Waals surface area contributed by atoms with E-state index in [1.807, 2.05) is 30.3 Å². The van der Waals surface area contributed by atoms with Gasteiger partial charge in [-0.15, -0.1) is 11.3 Å². The summed E-state index contributed by atoms with van der Waals surface area (Å²) in [6, 6.07) is 15.4. The molecule has 1 aliphatic rings. The number of carbonyl (C=O) groups excluding carboxylic acids is 4. The lowest BCUT2D eigenvalue weighted by molar-refractivity contribution is -0.123. The maximum absolute atomic E-state index is 13.5. The van der Waals surface area contributed by atoms with Crippen molar-refractivity contribution in [3.05, 3.63) is 83.3 Å². The number of ether oxygens (including phenoxy) is 1. The Hall–Kier alpha value is -4.71. The fourth-order valence-electron chi connectivity index (χ4n) is 4.64. The van der Waals surface area contributed by atoms with Crippen molar-refractivity contribution in [2.24, 2.45) is 0 Å². The van der Waals surface area contributed by atoms with Gasteiger partial charge in [-0.2, -0.15) is 0 Å². The normalized spacial score (nSPS) is 17.7. The number of amides is 4. The first kappa shape index (κ1) is 28.8. The summed E-state index contributed by atoms with van der Waals surface area (Å²) in [6.07, 6.45) is 4.50. The quantitative estimate of drug-likeness (QED) is 0.289. The molecule has 2 aromatic carbocycles. The van der Waals surface area contributed by atoms with E-state index >= 15 is 0 Å². The van der Waals surface area contributed by atoms with Crippen molar-refractivity contribution in [3.63, 3.8) is 0 Å². The van der Waals surface area contributed by atoms with Crippen LogP contribution >= 0.6 is 11.3 Å². The topological polar surface area (TPSA) is 146 Å². The number of nitrogens with zero attached hydrogens (tertiary/aromatic N) is 2. The number of hydrogen-bond donors (Lipinski definition) is 4. The van der Waals surface area contributed by atoms with Crippen LogP contribution in [0.3, 0.4) is 0 Å². The first-order valence-corrected chi connectivity index (χ1v) is 14.6. The monoisotopic (exact) mass is 588 g/mol. The van der Waals surface area contributed by atoms with Gasteiger partial charge in [0.2, 0.25) is 11.8 Å². The average Bonchev–Trinajstić information content (AvgIpc) is 3.67. The molecule has 0 spiro atoms. The fraction of sp³-hybridized carbons (Fsp3) is 0.300. The number of aromatic amines is 1. The van der Waals surface area contributed by atoms with Crippen LogP contribution in [-0.2, 0) is 16.0 Å². The Morgan fingerprint density at radius 3 is 2.74 bits per heavy atom. The van der Waals surface area contributed by atoms with Crippen molar-refractivity contribution < 1.29 is 23.9 Å². The highest BCUT2D eigenvalue weighted by molar-refractivity contribution is 7.20. The molecule has 2 aromatic heterocycles. The number of carbonyl (C=O) groups is 4. The molecule has 4 amide bonds. The van der Waals surface area contributed by atoms with E-state index in [1.54, 1.807) is 35.4 Å². The van der Waals surface area contributed by atoms with E-state index in [9.17, 15) is 19.2 Å². The maximum atomic E-state index is 13.5. The second-order valence-corrected chi connectivity index (χ2v) is 11.0. The second kappa shape index (κ2) is 13.8. The highest BCUT2D eigenvalue weighted by Gasteiger charge is 2.24. The molecule has 1 aliphatic heterocycles. The predicted octanol–water partition coefficient (Wildman–Crippen LogP) is 2.51. The van der Waals surface area contributed by atoms with E-state index in [1.165, 1.54) is 17.7 Å². The first-order valence-electron chi connectivity index (χ1n) is 13.8. The molecule has 5 rings (SSSR count). The number of imidazole rings is 1. The Kier molecular flexibility index (Phi) is 9.44. The minimum Gasteiger partial charge on any atom is -0.492 e. The minimum absolute atomic E-state index is 0.0976. The smallest absolute Gasteiger partial charge is 0.264 e. The van der Waals surface area contributed by atoms with E-state index in [-0.39, 0.29) is 43.8 Å². The third kappa shape index (κ3) is 7.52. The average molecular weight is 589 g/mol. The molecule has 0 aliphatic carbocycles. The second-order valence-electron chi connectivity index (χ2n) is 9.91. The third-order valence-electron chi connectivity index (χ3n) is 6.80. The Balaban J connectivity index is 1.31. The van der Waals surface area contributed by atoms with Crippen LogP contribution < -0.4 is 20.7 Å². The van der Waals surface area contributed by atoms with Crippen molar-refractivity contribution in [2.45, 2.75) is 25.3 Å². The van der Waals surface area contributed by atoms with Crippen LogP contribution in [0.25, 0.3) is 10.1 Å². The Bertz CT molecular complexity index is 1520. The van der Waals surface area contributed by atoms with Gasteiger partial charge in [0.15, 0.2) is 0 Å². The van der Waals surface area contributed by atoms with Crippen LogP contribution in [0.1, 0.15) is 38.6 Å². The molecule has 2 bridgehead atoms. The zero-order chi connectivity index (χ0) is 29.3. The molecule has 3 heterocycles. The lowest BCUT2D eigenvalue weighted by Crippen LogP contribution is -2.48. The fourth-order valence-corrected chi connectivity index (χ4v) is 5.67. The molecule has 4 aromatic rings. The number of fused-ring (bicyclic) bond motifs is 3. The minimum atomic E-state index is -0.836. The van der Waals surface area contributed by atoms with Crippen LogP contribution in [0.2, 0.25) is 0 Å². The van der Waals surface area contributed by atoms with Crippen molar-refractivity contribution in [2.75, 3.05) is 32.8 Å². The number of H-pyrrole nitrogens is 1. The number of hydrogen-bond acceptors (Lipinski definition) is 7. The molecule has 0 fully saturated rings. The maximum Gasteiger partial charge on any atom is 0.264 e. The summed E-state index contributed by atoms with van der Waals surface area (Å²) in [5.41, 5.74) is 1.05. The van der Waals surface area contributed by atoms with Gasteiger partial charge in [-0.1, -0.05) is 24.3 Å². The lowest BCUT2D eigenvalue weighted by atomic mass is 10.1. The van der Waals surface area contributed by atoms with E-state index in [4.69, 9.17) is 4.74 Å². The van der Waals surface area contributed by atoms with Gasteiger partial charge in [0.1, 0.15) is 18.4 Å². The van der Waals surface area contributed by atoms with E-state index in [0.717, 1.165) is 10.1 Å². The van der Waals surface area contributed by atoms with Crippen LogP contribution in [0.5, 0.6) is 5.75 Å². The van der Waals surface area contributed by atoms with E-state index < -0.39 is 11.9 Å². The molecule has 12 heteroatoms. The first-order chi connectivity index (χ1) is 20.5. The molecule has 4 N–H and O–H groups in total. The Morgan fingerprint density at radius 1 is 1.02 bits per heavy atom. The largest absolute Gasteiger partial charge is 0.492 e. The van der Waals surface area contributed by atoms with Crippen LogP contribution in [0.4, 0.5) is 0 Å². The van der Waals surface area contributed by atoms with Gasteiger partial charge < -0.3 is 30.6 Å². The lowest BCUT2D eigenvalue weighted by Gasteiger charge is -2.22. The van der Waals surface area contributed by atoms with E-state index in [2.05, 4.69) is 25.9 Å². The standard InChI is InChI=1S/C30H32N6O5S/c37-27-18-36(30(40)26-15-20-6-1-2-9-25(20)42-26)12-4-3-10-33-29(39)24(16-22-17-31-19-34-22)35-28(38)21-7-5-8-23(14-21)41-13-11-32-27/h1-2,5-9,14-15,17,19,24H,3-4,10-13,16,18H2,(H,31,34)(H,32,37)(H,33,39)(H,35,38)/t24-/m0/s1. The molecule has 11 nitrogen and oxygen atoms in total. The van der Waals surface area contributed by atoms with Crippen molar-refractivity contribution in [3.8, 4) is 5.75 Å². The number of nitrogens with one attached hydrogen (secondary N) is 4.